The van der Waals surface area contributed by atoms with Gasteiger partial charge in [0.05, 0.1) is 0 Å². The molecule has 1 rings (SSSR count). The van der Waals surface area contributed by atoms with E-state index in [1.54, 1.807) is 6.92 Å². The summed E-state index contributed by atoms with van der Waals surface area (Å²) < 4.78 is 0. The van der Waals surface area contributed by atoms with Crippen molar-refractivity contribution in [3.8, 4) is 0 Å². The number of aryl methyl sites for hydroxylation is 1. The number of anilines is 1. The molecule has 0 spiro atoms. The van der Waals surface area contributed by atoms with Crippen LogP contribution in [0.4, 0.5) is 5.82 Å². The van der Waals surface area contributed by atoms with Gasteiger partial charge in [-0.05, 0) is 19.8 Å². The van der Waals surface area contributed by atoms with Crippen molar-refractivity contribution in [2.24, 2.45) is 5.92 Å². The normalized spacial score (nSPS) is 12.2. The predicted octanol–water partition coefficient (Wildman–Crippen LogP) is 1.47. The van der Waals surface area contributed by atoms with Gasteiger partial charge in [0.15, 0.2) is 5.82 Å². The summed E-state index contributed by atoms with van der Waals surface area (Å²) >= 11 is 0. The molecule has 0 fully saturated rings. The smallest absolute Gasteiger partial charge is 0.303 e. The van der Waals surface area contributed by atoms with Crippen LogP contribution in [0.1, 0.15) is 31.0 Å². The third-order valence-electron chi connectivity index (χ3n) is 2.57. The molecular formula is C11H17N3O3. The quantitative estimate of drug-likeness (QED) is 0.725. The van der Waals surface area contributed by atoms with Crippen molar-refractivity contribution < 1.29 is 14.7 Å². The number of amides is 1. The number of hydrogen-bond acceptors (Lipinski definition) is 3. The van der Waals surface area contributed by atoms with E-state index in [2.05, 4.69) is 15.5 Å². The lowest BCUT2D eigenvalue weighted by molar-refractivity contribution is -0.138. The average Bonchev–Trinajstić information content (AvgIpc) is 2.48. The zero-order valence-electron chi connectivity index (χ0n) is 10.2. The van der Waals surface area contributed by atoms with Crippen molar-refractivity contribution in [3.63, 3.8) is 0 Å². The number of carbonyl (C=O) groups is 2. The number of nitrogens with zero attached hydrogens (tertiary/aromatic N) is 1. The highest BCUT2D eigenvalue weighted by Crippen LogP contribution is 2.15. The number of carboxylic acid groups (broad SMARTS) is 1. The van der Waals surface area contributed by atoms with E-state index >= 15 is 0 Å². The van der Waals surface area contributed by atoms with Gasteiger partial charge in [-0.3, -0.25) is 14.7 Å². The van der Waals surface area contributed by atoms with Crippen LogP contribution in [0.2, 0.25) is 0 Å². The summed E-state index contributed by atoms with van der Waals surface area (Å²) in [5, 5.41) is 18.0. The average molecular weight is 239 g/mol. The van der Waals surface area contributed by atoms with Gasteiger partial charge in [-0.1, -0.05) is 6.92 Å². The fourth-order valence-electron chi connectivity index (χ4n) is 1.48. The van der Waals surface area contributed by atoms with Gasteiger partial charge in [-0.25, -0.2) is 0 Å². The standard InChI is InChI=1S/C11H17N3O3/c1-6(5-10(16)17)4-9(15)12-11-7(2)8(3)13-14-11/h6H,4-5H2,1-3H3,(H,16,17)(H2,12,13,14,15). The molecule has 0 saturated carbocycles. The molecule has 17 heavy (non-hydrogen) atoms. The van der Waals surface area contributed by atoms with Gasteiger partial charge in [0.2, 0.25) is 5.91 Å². The summed E-state index contributed by atoms with van der Waals surface area (Å²) in [7, 11) is 0. The second kappa shape index (κ2) is 5.47. The summed E-state index contributed by atoms with van der Waals surface area (Å²) in [4.78, 5) is 22.1. The highest BCUT2D eigenvalue weighted by Gasteiger charge is 2.14. The van der Waals surface area contributed by atoms with Gasteiger partial charge in [0, 0.05) is 24.1 Å². The van der Waals surface area contributed by atoms with Gasteiger partial charge >= 0.3 is 5.97 Å². The van der Waals surface area contributed by atoms with Crippen molar-refractivity contribution in [2.75, 3.05) is 5.32 Å². The first-order valence-electron chi connectivity index (χ1n) is 5.43. The van der Waals surface area contributed by atoms with Crippen LogP contribution in [0.3, 0.4) is 0 Å². The second-order valence-corrected chi connectivity index (χ2v) is 4.28. The monoisotopic (exact) mass is 239 g/mol. The van der Waals surface area contributed by atoms with Crippen LogP contribution in [-0.2, 0) is 9.59 Å². The highest BCUT2D eigenvalue weighted by molar-refractivity contribution is 5.90. The van der Waals surface area contributed by atoms with E-state index in [9.17, 15) is 9.59 Å². The van der Waals surface area contributed by atoms with Crippen LogP contribution >= 0.6 is 0 Å². The molecule has 0 aliphatic heterocycles. The molecule has 6 heteroatoms. The Labute approximate surface area is 99.4 Å². The minimum atomic E-state index is -0.892. The summed E-state index contributed by atoms with van der Waals surface area (Å²) in [5.41, 5.74) is 1.79. The van der Waals surface area contributed by atoms with Gasteiger partial charge in [0.25, 0.3) is 0 Å². The molecule has 1 amide bonds. The van der Waals surface area contributed by atoms with Gasteiger partial charge in [0.1, 0.15) is 0 Å². The number of aromatic amines is 1. The van der Waals surface area contributed by atoms with Crippen molar-refractivity contribution >= 4 is 17.7 Å². The summed E-state index contributed by atoms with van der Waals surface area (Å²) in [5.74, 6) is -0.784. The zero-order chi connectivity index (χ0) is 13.0. The number of carbonyl (C=O) groups excluding carboxylic acids is 1. The summed E-state index contributed by atoms with van der Waals surface area (Å²) in [6.07, 6.45) is 0.170. The predicted molar refractivity (Wildman–Crippen MR) is 62.7 cm³/mol. The Morgan fingerprint density at radius 3 is 2.53 bits per heavy atom. The molecule has 1 aromatic rings. The molecule has 0 radical (unpaired) electrons. The van der Waals surface area contributed by atoms with Gasteiger partial charge < -0.3 is 10.4 Å². The topological polar surface area (TPSA) is 95.1 Å². The van der Waals surface area contributed by atoms with Crippen molar-refractivity contribution in [3.05, 3.63) is 11.3 Å². The van der Waals surface area contributed by atoms with Crippen LogP contribution in [0.5, 0.6) is 0 Å². The number of nitrogens with one attached hydrogen (secondary N) is 2. The summed E-state index contributed by atoms with van der Waals surface area (Å²) in [6, 6.07) is 0. The zero-order valence-corrected chi connectivity index (χ0v) is 10.2. The molecule has 1 unspecified atom stereocenters. The maximum Gasteiger partial charge on any atom is 0.303 e. The lowest BCUT2D eigenvalue weighted by Gasteiger charge is -2.08. The van der Waals surface area contributed by atoms with Crippen LogP contribution in [0, 0.1) is 19.8 Å². The Hall–Kier alpha value is -1.85. The second-order valence-electron chi connectivity index (χ2n) is 4.28. The first-order valence-corrected chi connectivity index (χ1v) is 5.43. The molecule has 6 nitrogen and oxygen atoms in total. The van der Waals surface area contributed by atoms with Gasteiger partial charge in [-0.2, -0.15) is 5.10 Å². The molecule has 0 saturated heterocycles. The van der Waals surface area contributed by atoms with Crippen LogP contribution in [-0.4, -0.2) is 27.2 Å². The largest absolute Gasteiger partial charge is 0.481 e. The van der Waals surface area contributed by atoms with E-state index in [0.29, 0.717) is 5.82 Å². The third-order valence-corrected chi connectivity index (χ3v) is 2.57. The van der Waals surface area contributed by atoms with E-state index in [0.717, 1.165) is 11.3 Å². The fourth-order valence-corrected chi connectivity index (χ4v) is 1.48. The number of carboxylic acids is 1. The van der Waals surface area contributed by atoms with E-state index in [-0.39, 0.29) is 24.7 Å². The van der Waals surface area contributed by atoms with Gasteiger partial charge in [-0.15, -0.1) is 0 Å². The summed E-state index contributed by atoms with van der Waals surface area (Å²) in [6.45, 7) is 5.45. The van der Waals surface area contributed by atoms with E-state index in [1.165, 1.54) is 0 Å². The Kier molecular flexibility index (Phi) is 4.25. The molecule has 0 bridgehead atoms. The van der Waals surface area contributed by atoms with Crippen molar-refractivity contribution in [1.82, 2.24) is 10.2 Å². The highest BCUT2D eigenvalue weighted by atomic mass is 16.4. The number of rotatable bonds is 5. The first kappa shape index (κ1) is 13.2. The third kappa shape index (κ3) is 3.90. The number of hydrogen-bond donors (Lipinski definition) is 3. The minimum absolute atomic E-state index is 0.00794. The number of aromatic nitrogens is 2. The van der Waals surface area contributed by atoms with Crippen LogP contribution in [0.25, 0.3) is 0 Å². The molecule has 0 aliphatic rings. The van der Waals surface area contributed by atoms with Crippen LogP contribution in [0.15, 0.2) is 0 Å². The number of aliphatic carboxylic acids is 1. The van der Waals surface area contributed by atoms with E-state index in [1.807, 2.05) is 13.8 Å². The van der Waals surface area contributed by atoms with E-state index < -0.39 is 5.97 Å². The maximum atomic E-state index is 11.6. The fraction of sp³-hybridized carbons (Fsp3) is 0.545. The molecule has 1 heterocycles. The van der Waals surface area contributed by atoms with Crippen molar-refractivity contribution in [1.29, 1.82) is 0 Å². The SMILES string of the molecule is Cc1[nH]nc(NC(=O)CC(C)CC(=O)O)c1C. The number of H-pyrrole nitrogens is 1. The van der Waals surface area contributed by atoms with Crippen LogP contribution < -0.4 is 5.32 Å². The molecule has 1 aromatic heterocycles. The maximum absolute atomic E-state index is 11.6. The first-order chi connectivity index (χ1) is 7.90. The lowest BCUT2D eigenvalue weighted by Crippen LogP contribution is -2.17. The molecular weight excluding hydrogens is 222 g/mol. The van der Waals surface area contributed by atoms with Crippen molar-refractivity contribution in [2.45, 2.75) is 33.6 Å². The Balaban J connectivity index is 2.50. The Morgan fingerprint density at radius 1 is 1.41 bits per heavy atom. The Bertz CT molecular complexity index is 426. The molecule has 3 N–H and O–H groups in total. The Morgan fingerprint density at radius 2 is 2.06 bits per heavy atom. The molecule has 0 aliphatic carbocycles. The molecule has 94 valence electrons. The minimum Gasteiger partial charge on any atom is -0.481 e. The molecule has 1 atom stereocenters. The van der Waals surface area contributed by atoms with E-state index in [4.69, 9.17) is 5.11 Å². The lowest BCUT2D eigenvalue weighted by atomic mass is 10.0. The molecule has 0 aromatic carbocycles.